The van der Waals surface area contributed by atoms with E-state index in [4.69, 9.17) is 5.26 Å². The zero-order chi connectivity index (χ0) is 16.0. The summed E-state index contributed by atoms with van der Waals surface area (Å²) in [4.78, 5) is 3.92. The molecule has 21 heavy (non-hydrogen) atoms. The molecule has 116 valence electrons. The highest BCUT2D eigenvalue weighted by molar-refractivity contribution is 5.54. The Labute approximate surface area is 123 Å². The first-order chi connectivity index (χ1) is 9.79. The zero-order valence-corrected chi connectivity index (χ0v) is 12.5. The fourth-order valence-corrected chi connectivity index (χ4v) is 2.11. The molecule has 0 fully saturated rings. The van der Waals surface area contributed by atoms with Crippen LogP contribution in [-0.4, -0.2) is 38.6 Å². The first kappa shape index (κ1) is 17.3. The van der Waals surface area contributed by atoms with E-state index >= 15 is 0 Å². The second kappa shape index (κ2) is 7.32. The lowest BCUT2D eigenvalue weighted by molar-refractivity contribution is -0.137. The van der Waals surface area contributed by atoms with Crippen LogP contribution in [0.5, 0.6) is 0 Å². The Morgan fingerprint density at radius 1 is 1.19 bits per heavy atom. The van der Waals surface area contributed by atoms with Gasteiger partial charge in [0.25, 0.3) is 0 Å². The molecule has 0 atom stereocenters. The number of halogens is 3. The van der Waals surface area contributed by atoms with Crippen molar-refractivity contribution < 1.29 is 13.2 Å². The van der Waals surface area contributed by atoms with Crippen LogP contribution in [0.25, 0.3) is 0 Å². The van der Waals surface area contributed by atoms with E-state index in [1.165, 1.54) is 6.07 Å². The van der Waals surface area contributed by atoms with Crippen molar-refractivity contribution in [2.75, 3.05) is 38.6 Å². The lowest BCUT2D eigenvalue weighted by atomic mass is 10.1. The van der Waals surface area contributed by atoms with Gasteiger partial charge in [-0.05, 0) is 52.2 Å². The maximum absolute atomic E-state index is 13.0. The summed E-state index contributed by atoms with van der Waals surface area (Å²) in [5.41, 5.74) is -0.702. The number of nitriles is 1. The molecule has 3 nitrogen and oxygen atoms in total. The van der Waals surface area contributed by atoms with Crippen molar-refractivity contribution in [2.45, 2.75) is 19.5 Å². The average Bonchev–Trinajstić information content (AvgIpc) is 2.41. The predicted molar refractivity (Wildman–Crippen MR) is 77.2 cm³/mol. The molecule has 1 aromatic rings. The van der Waals surface area contributed by atoms with Gasteiger partial charge in [-0.3, -0.25) is 0 Å². The van der Waals surface area contributed by atoms with Gasteiger partial charge in [-0.25, -0.2) is 0 Å². The van der Waals surface area contributed by atoms with Crippen molar-refractivity contribution in [2.24, 2.45) is 0 Å². The van der Waals surface area contributed by atoms with Gasteiger partial charge in [0.15, 0.2) is 0 Å². The molecule has 0 N–H and O–H groups in total. The van der Waals surface area contributed by atoms with Gasteiger partial charge < -0.3 is 9.80 Å². The smallest absolute Gasteiger partial charge is 0.372 e. The summed E-state index contributed by atoms with van der Waals surface area (Å²) in [5, 5.41) is 8.80. The SMILES string of the molecule is CCN(CCCN(C)C)c1ccc(C#N)c(C(F)(F)F)c1. The molecule has 0 aliphatic rings. The average molecular weight is 299 g/mol. The van der Waals surface area contributed by atoms with Crippen LogP contribution >= 0.6 is 0 Å². The van der Waals surface area contributed by atoms with Crippen molar-refractivity contribution in [1.82, 2.24) is 4.90 Å². The van der Waals surface area contributed by atoms with Gasteiger partial charge in [-0.15, -0.1) is 0 Å². The topological polar surface area (TPSA) is 30.3 Å². The standard InChI is InChI=1S/C15H20F3N3/c1-4-21(9-5-8-20(2)3)13-7-6-12(11-19)14(10-13)15(16,17)18/h6-7,10H,4-5,8-9H2,1-3H3. The second-order valence-corrected chi connectivity index (χ2v) is 5.08. The Hall–Kier alpha value is -1.74. The quantitative estimate of drug-likeness (QED) is 0.807. The van der Waals surface area contributed by atoms with Gasteiger partial charge in [-0.2, -0.15) is 18.4 Å². The van der Waals surface area contributed by atoms with Crippen molar-refractivity contribution in [3.8, 4) is 6.07 Å². The Balaban J connectivity index is 2.98. The highest BCUT2D eigenvalue weighted by atomic mass is 19.4. The number of benzene rings is 1. The highest BCUT2D eigenvalue weighted by Crippen LogP contribution is 2.34. The third kappa shape index (κ3) is 4.94. The van der Waals surface area contributed by atoms with Crippen molar-refractivity contribution >= 4 is 5.69 Å². The first-order valence-corrected chi connectivity index (χ1v) is 6.80. The van der Waals surface area contributed by atoms with Crippen LogP contribution in [0.2, 0.25) is 0 Å². The van der Waals surface area contributed by atoms with Crippen molar-refractivity contribution in [1.29, 1.82) is 5.26 Å². The summed E-state index contributed by atoms with van der Waals surface area (Å²) >= 11 is 0. The van der Waals surface area contributed by atoms with Crippen LogP contribution in [0.3, 0.4) is 0 Å². The molecule has 0 aliphatic carbocycles. The van der Waals surface area contributed by atoms with E-state index < -0.39 is 11.7 Å². The summed E-state index contributed by atoms with van der Waals surface area (Å²) in [6, 6.07) is 5.49. The molecule has 0 aliphatic heterocycles. The number of alkyl halides is 3. The third-order valence-electron chi connectivity index (χ3n) is 3.21. The van der Waals surface area contributed by atoms with Crippen LogP contribution in [0.15, 0.2) is 18.2 Å². The van der Waals surface area contributed by atoms with E-state index in [-0.39, 0.29) is 5.56 Å². The molecule has 0 saturated heterocycles. The molecule has 1 rings (SSSR count). The fourth-order valence-electron chi connectivity index (χ4n) is 2.11. The van der Waals surface area contributed by atoms with Gasteiger partial charge in [0.2, 0.25) is 0 Å². The minimum absolute atomic E-state index is 0.337. The summed E-state index contributed by atoms with van der Waals surface area (Å²) in [6.07, 6.45) is -3.65. The molecule has 6 heteroatoms. The second-order valence-electron chi connectivity index (χ2n) is 5.08. The summed E-state index contributed by atoms with van der Waals surface area (Å²) < 4.78 is 38.9. The summed E-state index contributed by atoms with van der Waals surface area (Å²) in [5.74, 6) is 0. The normalized spacial score (nSPS) is 11.5. The molecule has 0 spiro atoms. The van der Waals surface area contributed by atoms with Crippen LogP contribution in [0.1, 0.15) is 24.5 Å². The molecular formula is C15H20F3N3. The minimum atomic E-state index is -4.51. The number of nitrogens with zero attached hydrogens (tertiary/aromatic N) is 3. The highest BCUT2D eigenvalue weighted by Gasteiger charge is 2.34. The lowest BCUT2D eigenvalue weighted by Crippen LogP contribution is -2.27. The zero-order valence-electron chi connectivity index (χ0n) is 12.5. The van der Waals surface area contributed by atoms with E-state index in [1.54, 1.807) is 12.1 Å². The van der Waals surface area contributed by atoms with Crippen LogP contribution in [0.4, 0.5) is 18.9 Å². The van der Waals surface area contributed by atoms with Gasteiger partial charge in [0.1, 0.15) is 0 Å². The maximum Gasteiger partial charge on any atom is 0.417 e. The van der Waals surface area contributed by atoms with Crippen molar-refractivity contribution in [3.63, 3.8) is 0 Å². The third-order valence-corrected chi connectivity index (χ3v) is 3.21. The number of rotatable bonds is 6. The molecule has 0 bridgehead atoms. The Morgan fingerprint density at radius 3 is 2.33 bits per heavy atom. The first-order valence-electron chi connectivity index (χ1n) is 6.80. The van der Waals surface area contributed by atoms with Gasteiger partial charge in [-0.1, -0.05) is 0 Å². The number of anilines is 1. The Kier molecular flexibility index (Phi) is 6.03. The molecule has 0 unspecified atom stereocenters. The van der Waals surface area contributed by atoms with Gasteiger partial charge in [0.05, 0.1) is 17.2 Å². The monoisotopic (exact) mass is 299 g/mol. The molecule has 0 amide bonds. The minimum Gasteiger partial charge on any atom is -0.372 e. The van der Waals surface area contributed by atoms with Crippen LogP contribution in [-0.2, 0) is 6.18 Å². The van der Waals surface area contributed by atoms with Crippen LogP contribution < -0.4 is 4.90 Å². The van der Waals surface area contributed by atoms with E-state index in [2.05, 4.69) is 0 Å². The molecule has 0 aromatic heterocycles. The lowest BCUT2D eigenvalue weighted by Gasteiger charge is -2.25. The van der Waals surface area contributed by atoms with E-state index in [9.17, 15) is 13.2 Å². The molecule has 0 radical (unpaired) electrons. The molecular weight excluding hydrogens is 279 g/mol. The Bertz CT molecular complexity index is 504. The predicted octanol–water partition coefficient (Wildman–Crippen LogP) is 3.36. The summed E-state index contributed by atoms with van der Waals surface area (Å²) in [7, 11) is 3.92. The molecule has 0 heterocycles. The fraction of sp³-hybridized carbons (Fsp3) is 0.533. The van der Waals surface area contributed by atoms with Crippen LogP contribution in [0, 0.1) is 11.3 Å². The summed E-state index contributed by atoms with van der Waals surface area (Å²) in [6.45, 7) is 4.08. The van der Waals surface area contributed by atoms with E-state index in [1.807, 2.05) is 30.8 Å². The Morgan fingerprint density at radius 2 is 1.86 bits per heavy atom. The maximum atomic E-state index is 13.0. The van der Waals surface area contributed by atoms with Crippen molar-refractivity contribution in [3.05, 3.63) is 29.3 Å². The van der Waals surface area contributed by atoms with Gasteiger partial charge in [0, 0.05) is 18.8 Å². The van der Waals surface area contributed by atoms with E-state index in [0.717, 1.165) is 19.0 Å². The number of hydrogen-bond acceptors (Lipinski definition) is 3. The molecule has 1 aromatic carbocycles. The van der Waals surface area contributed by atoms with E-state index in [0.29, 0.717) is 18.8 Å². The largest absolute Gasteiger partial charge is 0.417 e. The van der Waals surface area contributed by atoms with Gasteiger partial charge >= 0.3 is 6.18 Å². The molecule has 0 saturated carbocycles. The number of hydrogen-bond donors (Lipinski definition) is 0.